The van der Waals surface area contributed by atoms with Gasteiger partial charge in [0.1, 0.15) is 5.82 Å². The fourth-order valence-electron chi connectivity index (χ4n) is 4.26. The predicted octanol–water partition coefficient (Wildman–Crippen LogP) is 3.88. The average Bonchev–Trinajstić information content (AvgIpc) is 3.32. The highest BCUT2D eigenvalue weighted by Gasteiger charge is 2.19. The van der Waals surface area contributed by atoms with Crippen LogP contribution in [0.15, 0.2) is 60.9 Å². The van der Waals surface area contributed by atoms with E-state index in [0.29, 0.717) is 12.8 Å². The molecule has 7 nitrogen and oxygen atoms in total. The van der Waals surface area contributed by atoms with Gasteiger partial charge in [0.2, 0.25) is 5.91 Å². The molecular formula is C26H27N6O. The first kappa shape index (κ1) is 21.2. The molecule has 1 amide bonds. The van der Waals surface area contributed by atoms with Crippen molar-refractivity contribution in [1.29, 1.82) is 0 Å². The van der Waals surface area contributed by atoms with Crippen molar-refractivity contribution >= 4 is 28.3 Å². The van der Waals surface area contributed by atoms with E-state index in [9.17, 15) is 4.79 Å². The molecule has 0 atom stereocenters. The second-order valence-corrected chi connectivity index (χ2v) is 8.46. The molecule has 33 heavy (non-hydrogen) atoms. The summed E-state index contributed by atoms with van der Waals surface area (Å²) in [6.45, 7) is 3.48. The van der Waals surface area contributed by atoms with Gasteiger partial charge in [-0.05, 0) is 61.0 Å². The number of aryl methyl sites for hydroxylation is 1. The second kappa shape index (κ2) is 9.42. The van der Waals surface area contributed by atoms with E-state index in [1.54, 1.807) is 6.20 Å². The Morgan fingerprint density at radius 1 is 1.15 bits per heavy atom. The first-order valence-electron chi connectivity index (χ1n) is 11.3. The fraction of sp³-hybridized carbons (Fsp3) is 0.269. The molecule has 0 bridgehead atoms. The summed E-state index contributed by atoms with van der Waals surface area (Å²) >= 11 is 0. The summed E-state index contributed by atoms with van der Waals surface area (Å²) in [7, 11) is 2.10. The Morgan fingerprint density at radius 3 is 2.91 bits per heavy atom. The van der Waals surface area contributed by atoms with Gasteiger partial charge in [0.05, 0.1) is 11.7 Å². The monoisotopic (exact) mass is 439 g/mol. The molecule has 5 rings (SSSR count). The lowest BCUT2D eigenvalue weighted by Gasteiger charge is -2.32. The van der Waals surface area contributed by atoms with E-state index >= 15 is 0 Å². The van der Waals surface area contributed by atoms with E-state index in [0.717, 1.165) is 65.3 Å². The van der Waals surface area contributed by atoms with Crippen molar-refractivity contribution in [2.45, 2.75) is 12.8 Å². The van der Waals surface area contributed by atoms with Crippen LogP contribution in [0.25, 0.3) is 22.0 Å². The highest BCUT2D eigenvalue weighted by molar-refractivity contribution is 5.85. The molecule has 0 unspecified atom stereocenters. The maximum Gasteiger partial charge on any atom is 0.222 e. The van der Waals surface area contributed by atoms with Crippen molar-refractivity contribution in [3.05, 3.63) is 72.6 Å². The number of hydrogen-bond donors (Lipinski definition) is 2. The summed E-state index contributed by atoms with van der Waals surface area (Å²) < 4.78 is 0. The van der Waals surface area contributed by atoms with Crippen LogP contribution in [0.3, 0.4) is 0 Å². The molecule has 4 aromatic rings. The number of fused-ring (bicyclic) bond motifs is 1. The zero-order valence-corrected chi connectivity index (χ0v) is 18.7. The van der Waals surface area contributed by atoms with Crippen LogP contribution < -0.4 is 5.32 Å². The van der Waals surface area contributed by atoms with Gasteiger partial charge in [-0.15, -0.1) is 0 Å². The molecule has 3 heterocycles. The van der Waals surface area contributed by atoms with Gasteiger partial charge in [0, 0.05) is 55.4 Å². The van der Waals surface area contributed by atoms with Crippen LogP contribution in [-0.4, -0.2) is 64.1 Å². The molecule has 2 aromatic heterocycles. The number of amides is 1. The third kappa shape index (κ3) is 4.73. The first-order chi connectivity index (χ1) is 16.2. The number of anilines is 2. The number of carbonyl (C=O) groups is 1. The number of likely N-dealkylation sites (N-methyl/N-ethyl adjacent to an activating group) is 1. The van der Waals surface area contributed by atoms with E-state index < -0.39 is 0 Å². The molecule has 167 valence electrons. The van der Waals surface area contributed by atoms with Gasteiger partial charge in [-0.3, -0.25) is 9.89 Å². The number of benzene rings is 2. The summed E-state index contributed by atoms with van der Waals surface area (Å²) in [5.74, 6) is 0.990. The molecule has 0 saturated carbocycles. The number of nitrogens with one attached hydrogen (secondary N) is 2. The summed E-state index contributed by atoms with van der Waals surface area (Å²) in [6, 6.07) is 19.2. The molecule has 2 N–H and O–H groups in total. The van der Waals surface area contributed by atoms with Crippen LogP contribution in [0.2, 0.25) is 0 Å². The molecule has 7 heteroatoms. The van der Waals surface area contributed by atoms with Crippen molar-refractivity contribution in [2.75, 3.05) is 38.5 Å². The largest absolute Gasteiger partial charge is 0.340 e. The highest BCUT2D eigenvalue weighted by Crippen LogP contribution is 2.32. The van der Waals surface area contributed by atoms with Crippen molar-refractivity contribution in [1.82, 2.24) is 25.0 Å². The first-order valence-corrected chi connectivity index (χ1v) is 11.3. The topological polar surface area (TPSA) is 77.2 Å². The molecule has 1 saturated heterocycles. The number of aromatic amines is 1. The predicted molar refractivity (Wildman–Crippen MR) is 130 cm³/mol. The molecule has 1 fully saturated rings. The summed E-state index contributed by atoms with van der Waals surface area (Å²) in [5, 5.41) is 11.6. The lowest BCUT2D eigenvalue weighted by atomic mass is 9.96. The molecule has 0 spiro atoms. The SMILES string of the molecule is CN1CCN(C(=O)CCc2c[c]ccc2-c2cccnc2Nc2ccc3cn[nH]c3c2)CC1. The van der Waals surface area contributed by atoms with E-state index in [1.807, 2.05) is 47.5 Å². The minimum Gasteiger partial charge on any atom is -0.340 e. The van der Waals surface area contributed by atoms with E-state index in [4.69, 9.17) is 0 Å². The minimum atomic E-state index is 0.218. The van der Waals surface area contributed by atoms with Gasteiger partial charge in [0.25, 0.3) is 0 Å². The number of aromatic nitrogens is 3. The van der Waals surface area contributed by atoms with E-state index in [1.165, 1.54) is 0 Å². The van der Waals surface area contributed by atoms with Gasteiger partial charge in [-0.25, -0.2) is 4.98 Å². The van der Waals surface area contributed by atoms with Crippen LogP contribution in [-0.2, 0) is 11.2 Å². The highest BCUT2D eigenvalue weighted by atomic mass is 16.2. The van der Waals surface area contributed by atoms with E-state index in [2.05, 4.69) is 50.6 Å². The van der Waals surface area contributed by atoms with Crippen molar-refractivity contribution < 1.29 is 4.79 Å². The zero-order chi connectivity index (χ0) is 22.6. The standard InChI is InChI=1S/C26H27N6O/c1-31-13-15-32(16-14-31)25(33)11-9-19-5-2-3-6-22(19)23-7-4-12-27-26(23)29-21-10-8-20-18-28-30-24(20)17-21/h3-8,10,12,17-18H,9,11,13-16H2,1H3,(H,27,29)(H,28,30). The number of H-pyrrole nitrogens is 1. The minimum absolute atomic E-state index is 0.218. The van der Waals surface area contributed by atoms with Gasteiger partial charge >= 0.3 is 0 Å². The molecular weight excluding hydrogens is 412 g/mol. The Labute approximate surface area is 193 Å². The van der Waals surface area contributed by atoms with Gasteiger partial charge < -0.3 is 15.1 Å². The Bertz CT molecular complexity index is 1260. The number of hydrogen-bond acceptors (Lipinski definition) is 5. The zero-order valence-electron chi connectivity index (χ0n) is 18.7. The van der Waals surface area contributed by atoms with Crippen molar-refractivity contribution in [3.63, 3.8) is 0 Å². The van der Waals surface area contributed by atoms with Crippen molar-refractivity contribution in [2.24, 2.45) is 0 Å². The number of pyridine rings is 1. The summed E-state index contributed by atoms with van der Waals surface area (Å²) in [5.41, 5.74) is 5.06. The molecule has 0 aliphatic carbocycles. The van der Waals surface area contributed by atoms with Crippen molar-refractivity contribution in [3.8, 4) is 11.1 Å². The molecule has 1 radical (unpaired) electrons. The maximum atomic E-state index is 12.8. The quantitative estimate of drug-likeness (QED) is 0.477. The third-order valence-electron chi connectivity index (χ3n) is 6.22. The van der Waals surface area contributed by atoms with Crippen LogP contribution in [0.1, 0.15) is 12.0 Å². The second-order valence-electron chi connectivity index (χ2n) is 8.46. The maximum absolute atomic E-state index is 12.8. The van der Waals surface area contributed by atoms with Crippen LogP contribution in [0.5, 0.6) is 0 Å². The smallest absolute Gasteiger partial charge is 0.222 e. The summed E-state index contributed by atoms with van der Waals surface area (Å²) in [6.07, 6.45) is 4.76. The molecule has 2 aromatic carbocycles. The third-order valence-corrected chi connectivity index (χ3v) is 6.22. The van der Waals surface area contributed by atoms with Gasteiger partial charge in [-0.1, -0.05) is 18.2 Å². The number of nitrogens with zero attached hydrogens (tertiary/aromatic N) is 4. The normalized spacial score (nSPS) is 14.5. The Hall–Kier alpha value is -3.71. The lowest BCUT2D eigenvalue weighted by molar-refractivity contribution is -0.132. The Morgan fingerprint density at radius 2 is 2.03 bits per heavy atom. The van der Waals surface area contributed by atoms with Crippen LogP contribution >= 0.6 is 0 Å². The fourth-order valence-corrected chi connectivity index (χ4v) is 4.26. The Kier molecular flexibility index (Phi) is 6.04. The van der Waals surface area contributed by atoms with Crippen LogP contribution in [0.4, 0.5) is 11.5 Å². The lowest BCUT2D eigenvalue weighted by Crippen LogP contribution is -2.47. The number of carbonyl (C=O) groups excluding carboxylic acids is 1. The molecule has 1 aliphatic heterocycles. The molecule has 1 aliphatic rings. The summed E-state index contributed by atoms with van der Waals surface area (Å²) in [4.78, 5) is 21.6. The van der Waals surface area contributed by atoms with E-state index in [-0.39, 0.29) is 5.91 Å². The number of rotatable bonds is 6. The Balaban J connectivity index is 1.36. The van der Waals surface area contributed by atoms with Crippen LogP contribution in [0, 0.1) is 6.07 Å². The number of piperazine rings is 1. The van der Waals surface area contributed by atoms with Gasteiger partial charge in [0.15, 0.2) is 0 Å². The van der Waals surface area contributed by atoms with Gasteiger partial charge in [-0.2, -0.15) is 5.10 Å². The average molecular weight is 440 g/mol.